The van der Waals surface area contributed by atoms with Gasteiger partial charge in [-0.3, -0.25) is 9.59 Å². The van der Waals surface area contributed by atoms with E-state index >= 15 is 0 Å². The molecule has 1 aromatic heterocycles. The lowest BCUT2D eigenvalue weighted by atomic mass is 10.3. The van der Waals surface area contributed by atoms with E-state index in [0.717, 1.165) is 11.0 Å². The first kappa shape index (κ1) is 15.9. The quantitative estimate of drug-likeness (QED) is 0.749. The smallest absolute Gasteiger partial charge is 0.233 e. The minimum Gasteiger partial charge on any atom is -0.339 e. The number of carbonyl (C=O) groups is 2. The maximum Gasteiger partial charge on any atom is 0.233 e. The Morgan fingerprint density at radius 3 is 2.29 bits per heavy atom. The summed E-state index contributed by atoms with van der Waals surface area (Å²) in [5.74, 6) is 2.32. The monoisotopic (exact) mass is 349 g/mol. The summed E-state index contributed by atoms with van der Waals surface area (Å²) in [5.41, 5.74) is 0. The molecule has 2 aliphatic carbocycles. The maximum atomic E-state index is 12.4. The van der Waals surface area contributed by atoms with E-state index in [2.05, 4.69) is 14.8 Å². The molecule has 3 aliphatic rings. The minimum absolute atomic E-state index is 0.0848. The fourth-order valence-corrected chi connectivity index (χ4v) is 4.09. The van der Waals surface area contributed by atoms with E-state index in [-0.39, 0.29) is 11.8 Å². The summed E-state index contributed by atoms with van der Waals surface area (Å²) in [4.78, 5) is 27.4. The SMILES string of the molecule is CC(=O)N1CCN(C(=O)CSc2nnc(C3CC3)n2C2CC2)CC1. The van der Waals surface area contributed by atoms with Crippen LogP contribution >= 0.6 is 11.8 Å². The van der Waals surface area contributed by atoms with Crippen LogP contribution in [0.15, 0.2) is 5.16 Å². The molecule has 1 aliphatic heterocycles. The Balaban J connectivity index is 1.34. The molecule has 4 rings (SSSR count). The maximum absolute atomic E-state index is 12.4. The van der Waals surface area contributed by atoms with Crippen molar-refractivity contribution in [3.8, 4) is 0 Å². The number of carbonyl (C=O) groups excluding carboxylic acids is 2. The summed E-state index contributed by atoms with van der Waals surface area (Å²) in [6, 6.07) is 0.548. The normalized spacial score (nSPS) is 21.2. The van der Waals surface area contributed by atoms with E-state index in [1.54, 1.807) is 11.8 Å². The lowest BCUT2D eigenvalue weighted by molar-refractivity contribution is -0.136. The van der Waals surface area contributed by atoms with Crippen molar-refractivity contribution in [2.24, 2.45) is 0 Å². The molecule has 7 nitrogen and oxygen atoms in total. The van der Waals surface area contributed by atoms with Gasteiger partial charge in [0, 0.05) is 45.1 Å². The Labute approximate surface area is 145 Å². The Morgan fingerprint density at radius 2 is 1.71 bits per heavy atom. The molecular weight excluding hydrogens is 326 g/mol. The lowest BCUT2D eigenvalue weighted by Crippen LogP contribution is -2.50. The molecule has 2 saturated carbocycles. The third-order valence-corrected chi connectivity index (χ3v) is 5.88. The Bertz CT molecular complexity index is 645. The Kier molecular flexibility index (Phi) is 4.24. The summed E-state index contributed by atoms with van der Waals surface area (Å²) in [6.07, 6.45) is 4.84. The average molecular weight is 349 g/mol. The molecule has 0 spiro atoms. The summed E-state index contributed by atoms with van der Waals surface area (Å²) >= 11 is 1.51. The Morgan fingerprint density at radius 1 is 1.04 bits per heavy atom. The first-order valence-corrected chi connectivity index (χ1v) is 9.73. The number of amides is 2. The number of nitrogens with zero attached hydrogens (tertiary/aromatic N) is 5. The second-order valence-corrected chi connectivity index (χ2v) is 7.83. The van der Waals surface area contributed by atoms with Crippen molar-refractivity contribution in [1.29, 1.82) is 0 Å². The number of thioether (sulfide) groups is 1. The highest BCUT2D eigenvalue weighted by Crippen LogP contribution is 2.45. The van der Waals surface area contributed by atoms with Gasteiger partial charge in [-0.25, -0.2) is 0 Å². The van der Waals surface area contributed by atoms with Crippen LogP contribution in [0, 0.1) is 0 Å². The highest BCUT2D eigenvalue weighted by molar-refractivity contribution is 7.99. The van der Waals surface area contributed by atoms with Crippen molar-refractivity contribution < 1.29 is 9.59 Å². The van der Waals surface area contributed by atoms with Gasteiger partial charge >= 0.3 is 0 Å². The van der Waals surface area contributed by atoms with Gasteiger partial charge in [-0.2, -0.15) is 0 Å². The summed E-state index contributed by atoms with van der Waals surface area (Å²) in [5, 5.41) is 9.62. The van der Waals surface area contributed by atoms with Crippen molar-refractivity contribution in [2.75, 3.05) is 31.9 Å². The van der Waals surface area contributed by atoms with Crippen LogP contribution in [0.2, 0.25) is 0 Å². The molecule has 0 radical (unpaired) electrons. The van der Waals surface area contributed by atoms with Crippen LogP contribution in [0.5, 0.6) is 0 Å². The van der Waals surface area contributed by atoms with Crippen LogP contribution in [0.25, 0.3) is 0 Å². The molecule has 1 aromatic rings. The van der Waals surface area contributed by atoms with Crippen LogP contribution in [0.1, 0.15) is 50.4 Å². The topological polar surface area (TPSA) is 71.3 Å². The van der Waals surface area contributed by atoms with Gasteiger partial charge in [-0.15, -0.1) is 10.2 Å². The standard InChI is InChI=1S/C16H23N5O2S/c1-11(22)19-6-8-20(9-7-19)14(23)10-24-16-18-17-15(12-2-3-12)21(16)13-4-5-13/h12-13H,2-10H2,1H3. The molecule has 2 amide bonds. The van der Waals surface area contributed by atoms with E-state index in [1.165, 1.54) is 37.4 Å². The molecule has 2 heterocycles. The largest absolute Gasteiger partial charge is 0.339 e. The minimum atomic E-state index is 0.0848. The lowest BCUT2D eigenvalue weighted by Gasteiger charge is -2.34. The molecule has 0 aromatic carbocycles. The molecular formula is C16H23N5O2S. The van der Waals surface area contributed by atoms with Gasteiger partial charge in [0.05, 0.1) is 5.75 Å². The van der Waals surface area contributed by atoms with Gasteiger partial charge in [-0.05, 0) is 25.7 Å². The molecule has 0 bridgehead atoms. The van der Waals surface area contributed by atoms with Gasteiger partial charge in [0.25, 0.3) is 0 Å². The number of rotatable bonds is 5. The fraction of sp³-hybridized carbons (Fsp3) is 0.750. The van der Waals surface area contributed by atoms with Crippen molar-refractivity contribution in [3.05, 3.63) is 5.82 Å². The van der Waals surface area contributed by atoms with Gasteiger partial charge in [0.2, 0.25) is 11.8 Å². The average Bonchev–Trinajstić information content (AvgIpc) is 3.51. The molecule has 3 fully saturated rings. The van der Waals surface area contributed by atoms with Crippen LogP contribution < -0.4 is 0 Å². The van der Waals surface area contributed by atoms with E-state index in [0.29, 0.717) is 43.9 Å². The number of hydrogen-bond acceptors (Lipinski definition) is 5. The van der Waals surface area contributed by atoms with Gasteiger partial charge in [0.1, 0.15) is 5.82 Å². The number of piperazine rings is 1. The zero-order chi connectivity index (χ0) is 16.7. The number of hydrogen-bond donors (Lipinski definition) is 0. The predicted molar refractivity (Wildman–Crippen MR) is 89.8 cm³/mol. The van der Waals surface area contributed by atoms with Gasteiger partial charge < -0.3 is 14.4 Å². The van der Waals surface area contributed by atoms with E-state index in [1.807, 2.05) is 4.90 Å². The molecule has 0 atom stereocenters. The number of aromatic nitrogens is 3. The van der Waals surface area contributed by atoms with E-state index in [4.69, 9.17) is 0 Å². The van der Waals surface area contributed by atoms with E-state index < -0.39 is 0 Å². The van der Waals surface area contributed by atoms with Crippen LogP contribution in [0.4, 0.5) is 0 Å². The zero-order valence-corrected chi connectivity index (χ0v) is 14.8. The first-order valence-electron chi connectivity index (χ1n) is 8.74. The van der Waals surface area contributed by atoms with Crippen molar-refractivity contribution in [1.82, 2.24) is 24.6 Å². The highest BCUT2D eigenvalue weighted by Gasteiger charge is 2.36. The van der Waals surface area contributed by atoms with Crippen LogP contribution in [0.3, 0.4) is 0 Å². The van der Waals surface area contributed by atoms with Crippen LogP contribution in [-0.2, 0) is 9.59 Å². The fourth-order valence-electron chi connectivity index (χ4n) is 3.17. The van der Waals surface area contributed by atoms with Crippen molar-refractivity contribution in [3.63, 3.8) is 0 Å². The Hall–Kier alpha value is -1.57. The molecule has 0 N–H and O–H groups in total. The third-order valence-electron chi connectivity index (χ3n) is 4.95. The zero-order valence-electron chi connectivity index (χ0n) is 14.0. The predicted octanol–water partition coefficient (Wildman–Crippen LogP) is 1.27. The second kappa shape index (κ2) is 6.38. The van der Waals surface area contributed by atoms with E-state index in [9.17, 15) is 9.59 Å². The van der Waals surface area contributed by atoms with Crippen molar-refractivity contribution >= 4 is 23.6 Å². The highest BCUT2D eigenvalue weighted by atomic mass is 32.2. The van der Waals surface area contributed by atoms with Gasteiger partial charge in [0.15, 0.2) is 5.16 Å². The van der Waals surface area contributed by atoms with Crippen LogP contribution in [-0.4, -0.2) is 68.3 Å². The third kappa shape index (κ3) is 3.29. The molecule has 1 saturated heterocycles. The van der Waals surface area contributed by atoms with Crippen molar-refractivity contribution in [2.45, 2.75) is 49.7 Å². The molecule has 0 unspecified atom stereocenters. The molecule has 24 heavy (non-hydrogen) atoms. The summed E-state index contributed by atoms with van der Waals surface area (Å²) in [6.45, 7) is 4.10. The first-order chi connectivity index (χ1) is 11.6. The molecule has 8 heteroatoms. The molecule has 130 valence electrons. The summed E-state index contributed by atoms with van der Waals surface area (Å²) < 4.78 is 2.28. The van der Waals surface area contributed by atoms with Gasteiger partial charge in [-0.1, -0.05) is 11.8 Å². The summed E-state index contributed by atoms with van der Waals surface area (Å²) in [7, 11) is 0. The second-order valence-electron chi connectivity index (χ2n) is 6.89.